The third-order valence-electron chi connectivity index (χ3n) is 3.90. The number of nitrogens with zero attached hydrogens (tertiary/aromatic N) is 4. The Morgan fingerprint density at radius 1 is 0.690 bits per heavy atom. The van der Waals surface area contributed by atoms with Crippen molar-refractivity contribution in [2.24, 2.45) is 0 Å². The normalized spacial score (nSPS) is 10.6. The molecule has 4 N–H and O–H groups in total. The molecule has 29 heavy (non-hydrogen) atoms. The number of carboxylic acid groups (broad SMARTS) is 2. The highest BCUT2D eigenvalue weighted by atomic mass is 16.6. The van der Waals surface area contributed by atoms with Gasteiger partial charge < -0.3 is 20.8 Å². The number of hydrogen-bond acceptors (Lipinski definition) is 9. The minimum absolute atomic E-state index is 0.148. The molecule has 11 nitrogen and oxygen atoms in total. The molecule has 0 saturated heterocycles. The zero-order chi connectivity index (χ0) is 20.4. The van der Waals surface area contributed by atoms with Gasteiger partial charge in [-0.05, 0) is 58.8 Å². The number of anilines is 4. The summed E-state index contributed by atoms with van der Waals surface area (Å²) in [5.41, 5.74) is 1.81. The van der Waals surface area contributed by atoms with E-state index in [4.69, 9.17) is 10.2 Å². The highest BCUT2D eigenvalue weighted by Gasteiger charge is 2.14. The molecule has 0 aliphatic rings. The average Bonchev–Trinajstić information content (AvgIpc) is 3.16. The predicted molar refractivity (Wildman–Crippen MR) is 101 cm³/mol. The lowest BCUT2D eigenvalue weighted by atomic mass is 10.2. The lowest BCUT2D eigenvalue weighted by Gasteiger charge is -2.12. The lowest BCUT2D eigenvalue weighted by Crippen LogP contribution is -2.04. The Morgan fingerprint density at radius 2 is 1.07 bits per heavy atom. The van der Waals surface area contributed by atoms with Crippen LogP contribution in [0.5, 0.6) is 0 Å². The van der Waals surface area contributed by atoms with Crippen LogP contribution in [-0.4, -0.2) is 42.4 Å². The van der Waals surface area contributed by atoms with E-state index in [0.29, 0.717) is 23.0 Å². The van der Waals surface area contributed by atoms with Crippen molar-refractivity contribution in [1.29, 1.82) is 0 Å². The van der Waals surface area contributed by atoms with E-state index >= 15 is 0 Å². The fourth-order valence-electron chi connectivity index (χ4n) is 2.48. The highest BCUT2D eigenvalue weighted by Crippen LogP contribution is 2.27. The summed E-state index contributed by atoms with van der Waals surface area (Å²) in [5.74, 6) is -1.48. The van der Waals surface area contributed by atoms with E-state index in [9.17, 15) is 9.59 Å². The molecule has 0 spiro atoms. The average molecular weight is 392 g/mol. The largest absolute Gasteiger partial charge is 0.478 e. The monoisotopic (exact) mass is 392 g/mol. The maximum Gasteiger partial charge on any atom is 0.335 e. The number of nitrogens with one attached hydrogen (secondary N) is 2. The molecule has 0 aliphatic carbocycles. The first-order valence-electron chi connectivity index (χ1n) is 8.20. The maximum atomic E-state index is 11.0. The van der Waals surface area contributed by atoms with Crippen LogP contribution in [0.1, 0.15) is 20.7 Å². The van der Waals surface area contributed by atoms with Gasteiger partial charge in [0.1, 0.15) is 0 Å². The van der Waals surface area contributed by atoms with Crippen LogP contribution in [0, 0.1) is 0 Å². The van der Waals surface area contributed by atoms with E-state index in [1.165, 1.54) is 24.3 Å². The van der Waals surface area contributed by atoms with E-state index in [1.54, 1.807) is 24.3 Å². The van der Waals surface area contributed by atoms with E-state index in [1.807, 2.05) is 0 Å². The van der Waals surface area contributed by atoms with Crippen molar-refractivity contribution in [2.75, 3.05) is 10.6 Å². The first-order chi connectivity index (χ1) is 14.0. The molecule has 0 amide bonds. The number of aromatic nitrogens is 4. The van der Waals surface area contributed by atoms with Gasteiger partial charge in [-0.1, -0.05) is 0 Å². The van der Waals surface area contributed by atoms with Crippen LogP contribution < -0.4 is 10.6 Å². The summed E-state index contributed by atoms with van der Waals surface area (Å²) in [4.78, 5) is 30.6. The standard InChI is InChI=1S/C18H12N6O5/c25-17(26)9-1-5-11(6-2-9)19-13-14(22-16-15(21-13)23-29-24-16)20-12-7-3-10(4-8-12)18(27)28/h1-8H,(H,25,26)(H,27,28)(H,19,21,23)(H,20,22,24). The first kappa shape index (κ1) is 17.9. The van der Waals surface area contributed by atoms with Gasteiger partial charge in [0, 0.05) is 11.4 Å². The second-order valence-corrected chi connectivity index (χ2v) is 5.85. The summed E-state index contributed by atoms with van der Waals surface area (Å²) in [6.07, 6.45) is 0. The molecular weight excluding hydrogens is 380 g/mol. The Morgan fingerprint density at radius 3 is 1.41 bits per heavy atom. The summed E-state index contributed by atoms with van der Waals surface area (Å²) >= 11 is 0. The zero-order valence-electron chi connectivity index (χ0n) is 14.5. The Hall–Kier alpha value is -4.54. The van der Waals surface area contributed by atoms with Crippen molar-refractivity contribution in [3.63, 3.8) is 0 Å². The molecule has 0 fully saturated rings. The van der Waals surface area contributed by atoms with E-state index < -0.39 is 11.9 Å². The van der Waals surface area contributed by atoms with E-state index in [-0.39, 0.29) is 22.4 Å². The Kier molecular flexibility index (Phi) is 4.45. The number of fused-ring (bicyclic) bond motifs is 1. The predicted octanol–water partition coefficient (Wildman–Crippen LogP) is 2.90. The molecule has 2 heterocycles. The van der Waals surface area contributed by atoms with Gasteiger partial charge in [-0.15, -0.1) is 0 Å². The Labute approximate surface area is 162 Å². The van der Waals surface area contributed by atoms with Gasteiger partial charge in [-0.2, -0.15) is 0 Å². The first-order valence-corrected chi connectivity index (χ1v) is 8.20. The van der Waals surface area contributed by atoms with Gasteiger partial charge in [-0.3, -0.25) is 0 Å². The minimum Gasteiger partial charge on any atom is -0.478 e. The minimum atomic E-state index is -1.03. The Balaban J connectivity index is 1.66. The van der Waals surface area contributed by atoms with Crippen molar-refractivity contribution in [1.82, 2.24) is 20.3 Å². The number of hydrogen-bond donors (Lipinski definition) is 4. The lowest BCUT2D eigenvalue weighted by molar-refractivity contribution is 0.0686. The van der Waals surface area contributed by atoms with Crippen molar-refractivity contribution in [2.45, 2.75) is 0 Å². The SMILES string of the molecule is O=C(O)c1ccc(Nc2nc3nonc3nc2Nc2ccc(C(=O)O)cc2)cc1. The van der Waals surface area contributed by atoms with Crippen LogP contribution in [-0.2, 0) is 0 Å². The van der Waals surface area contributed by atoms with E-state index in [2.05, 4.69) is 35.5 Å². The fraction of sp³-hybridized carbons (Fsp3) is 0. The van der Waals surface area contributed by atoms with Gasteiger partial charge in [0.25, 0.3) is 0 Å². The number of aromatic carboxylic acids is 2. The third-order valence-corrected chi connectivity index (χ3v) is 3.90. The summed E-state index contributed by atoms with van der Waals surface area (Å²) in [7, 11) is 0. The van der Waals surface area contributed by atoms with Gasteiger partial charge in [-0.25, -0.2) is 24.2 Å². The quantitative estimate of drug-likeness (QED) is 0.381. The third kappa shape index (κ3) is 3.78. The fourth-order valence-corrected chi connectivity index (χ4v) is 2.48. The number of carbonyl (C=O) groups is 2. The van der Waals surface area contributed by atoms with Gasteiger partial charge in [0.05, 0.1) is 11.1 Å². The molecule has 0 atom stereocenters. The Bertz CT molecular complexity index is 1110. The molecular formula is C18H12N6O5. The second-order valence-electron chi connectivity index (χ2n) is 5.85. The van der Waals surface area contributed by atoms with Crippen molar-refractivity contribution in [3.8, 4) is 0 Å². The molecule has 0 bridgehead atoms. The van der Waals surface area contributed by atoms with E-state index in [0.717, 1.165) is 0 Å². The van der Waals surface area contributed by atoms with Crippen LogP contribution in [0.25, 0.3) is 11.3 Å². The molecule has 2 aromatic carbocycles. The molecule has 0 saturated carbocycles. The number of benzene rings is 2. The van der Waals surface area contributed by atoms with Gasteiger partial charge in [0.2, 0.25) is 11.3 Å². The summed E-state index contributed by atoms with van der Waals surface area (Å²) < 4.78 is 4.65. The molecule has 4 aromatic rings. The molecule has 144 valence electrons. The summed E-state index contributed by atoms with van der Waals surface area (Å²) in [6.45, 7) is 0. The topological polar surface area (TPSA) is 163 Å². The van der Waals surface area contributed by atoms with Crippen molar-refractivity contribution < 1.29 is 24.4 Å². The molecule has 0 unspecified atom stereocenters. The molecule has 2 aromatic heterocycles. The highest BCUT2D eigenvalue weighted by molar-refractivity contribution is 5.89. The van der Waals surface area contributed by atoms with Crippen LogP contribution in [0.2, 0.25) is 0 Å². The van der Waals surface area contributed by atoms with Crippen LogP contribution in [0.15, 0.2) is 53.2 Å². The summed E-state index contributed by atoms with van der Waals surface area (Å²) in [5, 5.41) is 31.4. The van der Waals surface area contributed by atoms with Gasteiger partial charge >= 0.3 is 11.9 Å². The smallest absolute Gasteiger partial charge is 0.335 e. The summed E-state index contributed by atoms with van der Waals surface area (Å²) in [6, 6.07) is 12.1. The van der Waals surface area contributed by atoms with Crippen LogP contribution in [0.4, 0.5) is 23.0 Å². The molecule has 11 heteroatoms. The van der Waals surface area contributed by atoms with Crippen molar-refractivity contribution >= 4 is 46.2 Å². The maximum absolute atomic E-state index is 11.0. The molecule has 4 rings (SSSR count). The van der Waals surface area contributed by atoms with Crippen molar-refractivity contribution in [3.05, 3.63) is 59.7 Å². The number of rotatable bonds is 6. The second kappa shape index (κ2) is 7.23. The van der Waals surface area contributed by atoms with Crippen LogP contribution >= 0.6 is 0 Å². The number of carboxylic acids is 2. The van der Waals surface area contributed by atoms with Gasteiger partial charge in [0.15, 0.2) is 11.6 Å². The van der Waals surface area contributed by atoms with Crippen LogP contribution in [0.3, 0.4) is 0 Å². The molecule has 0 aliphatic heterocycles. The molecule has 0 radical (unpaired) electrons. The zero-order valence-corrected chi connectivity index (χ0v) is 14.5.